The molecule has 2 aromatic heterocycles. The predicted molar refractivity (Wildman–Crippen MR) is 97.3 cm³/mol. The van der Waals surface area contributed by atoms with Crippen LogP contribution in [0.5, 0.6) is 17.2 Å². The summed E-state index contributed by atoms with van der Waals surface area (Å²) in [6.07, 6.45) is 3.79. The molecule has 0 bridgehead atoms. The van der Waals surface area contributed by atoms with Crippen LogP contribution in [0, 0.1) is 0 Å². The first-order valence-electron chi connectivity index (χ1n) is 8.50. The number of nitrogens with one attached hydrogen (secondary N) is 1. The van der Waals surface area contributed by atoms with Crippen LogP contribution in [-0.2, 0) is 19.5 Å². The van der Waals surface area contributed by atoms with Crippen LogP contribution in [0.2, 0.25) is 0 Å². The van der Waals surface area contributed by atoms with Gasteiger partial charge in [0.2, 0.25) is 0 Å². The number of nitrogens with zero attached hydrogens (tertiary/aromatic N) is 3. The van der Waals surface area contributed by atoms with Crippen molar-refractivity contribution in [2.24, 2.45) is 0 Å². The van der Waals surface area contributed by atoms with Crippen molar-refractivity contribution in [2.45, 2.75) is 19.5 Å². The van der Waals surface area contributed by atoms with E-state index in [1.165, 1.54) is 12.1 Å². The molecule has 1 aromatic carbocycles. The Morgan fingerprint density at radius 2 is 1.81 bits per heavy atom. The Hall–Kier alpha value is -3.39. The van der Waals surface area contributed by atoms with Gasteiger partial charge in [-0.2, -0.15) is 0 Å². The first kappa shape index (κ1) is 17.0. The van der Waals surface area contributed by atoms with Crippen molar-refractivity contribution in [2.75, 3.05) is 6.54 Å². The minimum absolute atomic E-state index is 0.151. The summed E-state index contributed by atoms with van der Waals surface area (Å²) in [6, 6.07) is 5.93. The third-order valence-corrected chi connectivity index (χ3v) is 4.68. The van der Waals surface area contributed by atoms with Gasteiger partial charge in [0.25, 0.3) is 5.56 Å². The van der Waals surface area contributed by atoms with Gasteiger partial charge in [0.15, 0.2) is 0 Å². The van der Waals surface area contributed by atoms with Gasteiger partial charge in [-0.05, 0) is 18.6 Å². The summed E-state index contributed by atoms with van der Waals surface area (Å²) < 4.78 is 0. The molecule has 3 heterocycles. The molecule has 27 heavy (non-hydrogen) atoms. The minimum Gasteiger partial charge on any atom is -0.508 e. The van der Waals surface area contributed by atoms with E-state index in [-0.39, 0.29) is 29.4 Å². The number of hydrogen-bond donors (Lipinski definition) is 4. The van der Waals surface area contributed by atoms with Crippen LogP contribution < -0.4 is 5.56 Å². The van der Waals surface area contributed by atoms with Gasteiger partial charge in [-0.1, -0.05) is 0 Å². The monoisotopic (exact) mass is 366 g/mol. The fourth-order valence-electron chi connectivity index (χ4n) is 3.29. The topological polar surface area (TPSA) is 123 Å². The average molecular weight is 366 g/mol. The molecule has 0 fully saturated rings. The molecular weight excluding hydrogens is 348 g/mol. The molecule has 0 atom stereocenters. The fourth-order valence-corrected chi connectivity index (χ4v) is 3.29. The number of fused-ring (bicyclic) bond motifs is 1. The van der Waals surface area contributed by atoms with Crippen molar-refractivity contribution in [3.8, 4) is 28.6 Å². The molecule has 0 aliphatic carbocycles. The second kappa shape index (κ2) is 6.73. The highest BCUT2D eigenvalue weighted by Gasteiger charge is 2.23. The Kier molecular flexibility index (Phi) is 4.25. The van der Waals surface area contributed by atoms with Gasteiger partial charge < -0.3 is 20.3 Å². The quantitative estimate of drug-likeness (QED) is 0.554. The van der Waals surface area contributed by atoms with Crippen LogP contribution in [0.15, 0.2) is 41.5 Å². The number of phenols is 3. The normalized spacial score (nSPS) is 14.1. The number of hydrogen-bond acceptors (Lipinski definition) is 7. The highest BCUT2D eigenvalue weighted by Crippen LogP contribution is 2.33. The number of aromatic hydroxyl groups is 3. The van der Waals surface area contributed by atoms with Crippen LogP contribution in [0.4, 0.5) is 0 Å². The van der Waals surface area contributed by atoms with Crippen molar-refractivity contribution in [3.05, 3.63) is 63.8 Å². The van der Waals surface area contributed by atoms with Crippen LogP contribution in [0.3, 0.4) is 0 Å². The third-order valence-electron chi connectivity index (χ3n) is 4.68. The van der Waals surface area contributed by atoms with Gasteiger partial charge >= 0.3 is 0 Å². The Labute approximate surface area is 154 Å². The van der Waals surface area contributed by atoms with E-state index in [1.807, 2.05) is 4.90 Å². The number of benzene rings is 1. The van der Waals surface area contributed by atoms with E-state index >= 15 is 0 Å². The van der Waals surface area contributed by atoms with Gasteiger partial charge in [-0.15, -0.1) is 0 Å². The van der Waals surface area contributed by atoms with Crippen LogP contribution >= 0.6 is 0 Å². The first-order chi connectivity index (χ1) is 13.0. The molecule has 0 radical (unpaired) electrons. The van der Waals surface area contributed by atoms with Gasteiger partial charge in [-0.25, -0.2) is 4.98 Å². The van der Waals surface area contributed by atoms with E-state index in [9.17, 15) is 20.1 Å². The zero-order valence-corrected chi connectivity index (χ0v) is 14.4. The number of rotatable bonds is 3. The molecule has 0 amide bonds. The number of H-pyrrole nitrogens is 1. The van der Waals surface area contributed by atoms with E-state index < -0.39 is 0 Å². The van der Waals surface area contributed by atoms with Crippen LogP contribution in [-0.4, -0.2) is 41.7 Å². The van der Waals surface area contributed by atoms with Crippen LogP contribution in [0.25, 0.3) is 11.4 Å². The summed E-state index contributed by atoms with van der Waals surface area (Å²) in [5.74, 6) is -0.0597. The van der Waals surface area contributed by atoms with Crippen molar-refractivity contribution in [1.82, 2.24) is 19.9 Å². The average Bonchev–Trinajstić information content (AvgIpc) is 2.65. The standard InChI is InChI=1S/C19H18N4O4/c24-12-7-16(25)14(17(26)8-12)9-23-6-3-13-15(10-23)21-18(22-19(13)27)11-1-4-20-5-2-11/h1-2,4-5,7-8,24-26H,3,6,9-10H2,(H,21,22,27). The van der Waals surface area contributed by atoms with E-state index in [0.29, 0.717) is 42.2 Å². The number of pyridine rings is 1. The zero-order valence-electron chi connectivity index (χ0n) is 14.4. The van der Waals surface area contributed by atoms with Gasteiger partial charge in [0.1, 0.15) is 23.1 Å². The second-order valence-corrected chi connectivity index (χ2v) is 6.50. The lowest BCUT2D eigenvalue weighted by Crippen LogP contribution is -2.35. The number of aromatic amines is 1. The maximum Gasteiger partial charge on any atom is 0.254 e. The fraction of sp³-hybridized carbons (Fsp3) is 0.211. The SMILES string of the molecule is O=c1[nH]c(-c2ccncc2)nc2c1CCN(Cc1c(O)cc(O)cc1O)C2. The number of phenolic OH excluding ortho intramolecular Hbond substituents is 3. The summed E-state index contributed by atoms with van der Waals surface area (Å²) >= 11 is 0. The molecule has 1 aliphatic heterocycles. The Morgan fingerprint density at radius 3 is 2.52 bits per heavy atom. The molecule has 8 nitrogen and oxygen atoms in total. The number of aromatic nitrogens is 3. The van der Waals surface area contributed by atoms with E-state index in [1.54, 1.807) is 24.5 Å². The lowest BCUT2D eigenvalue weighted by Gasteiger charge is -2.28. The molecule has 1 aliphatic rings. The maximum atomic E-state index is 12.4. The lowest BCUT2D eigenvalue weighted by molar-refractivity contribution is 0.234. The van der Waals surface area contributed by atoms with Gasteiger partial charge in [0, 0.05) is 60.9 Å². The summed E-state index contributed by atoms with van der Waals surface area (Å²) in [7, 11) is 0. The van der Waals surface area contributed by atoms with Crippen LogP contribution in [0.1, 0.15) is 16.8 Å². The molecule has 8 heteroatoms. The van der Waals surface area contributed by atoms with Gasteiger partial charge in [-0.3, -0.25) is 14.7 Å². The smallest absolute Gasteiger partial charge is 0.254 e. The molecule has 4 N–H and O–H groups in total. The minimum atomic E-state index is -0.201. The zero-order chi connectivity index (χ0) is 19.0. The highest BCUT2D eigenvalue weighted by molar-refractivity contribution is 5.54. The molecule has 138 valence electrons. The van der Waals surface area contributed by atoms with E-state index in [0.717, 1.165) is 5.56 Å². The lowest BCUT2D eigenvalue weighted by atomic mass is 10.0. The summed E-state index contributed by atoms with van der Waals surface area (Å²) in [5.41, 5.74) is 2.28. The maximum absolute atomic E-state index is 12.4. The molecule has 0 saturated heterocycles. The molecule has 4 rings (SSSR count). The molecule has 3 aromatic rings. The van der Waals surface area contributed by atoms with E-state index in [2.05, 4.69) is 15.0 Å². The summed E-state index contributed by atoms with van der Waals surface area (Å²) in [4.78, 5) is 25.8. The Bertz CT molecular complexity index is 1030. The Morgan fingerprint density at radius 1 is 1.11 bits per heavy atom. The van der Waals surface area contributed by atoms with Crippen molar-refractivity contribution in [3.63, 3.8) is 0 Å². The second-order valence-electron chi connectivity index (χ2n) is 6.50. The molecule has 0 unspecified atom stereocenters. The van der Waals surface area contributed by atoms with Crippen molar-refractivity contribution in [1.29, 1.82) is 0 Å². The van der Waals surface area contributed by atoms with Crippen molar-refractivity contribution >= 4 is 0 Å². The summed E-state index contributed by atoms with van der Waals surface area (Å²) in [6.45, 7) is 1.28. The largest absolute Gasteiger partial charge is 0.508 e. The van der Waals surface area contributed by atoms with Gasteiger partial charge in [0.05, 0.1) is 5.69 Å². The molecular formula is C19H18N4O4. The first-order valence-corrected chi connectivity index (χ1v) is 8.50. The summed E-state index contributed by atoms with van der Waals surface area (Å²) in [5, 5.41) is 29.5. The molecule has 0 spiro atoms. The van der Waals surface area contributed by atoms with Crippen molar-refractivity contribution < 1.29 is 15.3 Å². The molecule has 0 saturated carbocycles. The predicted octanol–water partition coefficient (Wildman–Crippen LogP) is 1.51. The highest BCUT2D eigenvalue weighted by atomic mass is 16.3. The Balaban J connectivity index is 1.63. The van der Waals surface area contributed by atoms with E-state index in [4.69, 9.17) is 0 Å². The third kappa shape index (κ3) is 3.34.